The molecule has 0 aliphatic heterocycles. The molecular weight excluding hydrogens is 284 g/mol. The lowest BCUT2D eigenvalue weighted by atomic mass is 10.3. The van der Waals surface area contributed by atoms with Crippen LogP contribution in [0.3, 0.4) is 0 Å². The molecule has 8 nitrogen and oxygen atoms in total. The number of nitrogens with one attached hydrogen (secondary N) is 1. The number of anilines is 1. The molecule has 3 N–H and O–H groups in total. The summed E-state index contributed by atoms with van der Waals surface area (Å²) in [5.74, 6) is -1.22. The number of halogens is 1. The van der Waals surface area contributed by atoms with Gasteiger partial charge in [0.15, 0.2) is 5.69 Å². The summed E-state index contributed by atoms with van der Waals surface area (Å²) in [6, 6.07) is 0. The van der Waals surface area contributed by atoms with Crippen LogP contribution in [-0.4, -0.2) is 31.4 Å². The lowest BCUT2D eigenvalue weighted by Gasteiger charge is -2.03. The zero-order chi connectivity index (χ0) is 14.9. The van der Waals surface area contributed by atoms with E-state index in [1.54, 1.807) is 13.2 Å². The average molecular weight is 297 g/mol. The number of nitrogens with zero attached hydrogens (tertiary/aromatic N) is 4. The lowest BCUT2D eigenvalue weighted by Crippen LogP contribution is -2.20. The summed E-state index contributed by atoms with van der Waals surface area (Å²) >= 11 is 5.94. The van der Waals surface area contributed by atoms with Crippen molar-refractivity contribution in [1.29, 1.82) is 0 Å². The SMILES string of the molecule is CCn1cc(Cl)c(C(=O)Nc2cnn(C)c2C(N)=O)n1. The van der Waals surface area contributed by atoms with Crippen LogP contribution >= 0.6 is 11.6 Å². The number of carbonyl (C=O) groups is 2. The molecule has 0 aliphatic rings. The van der Waals surface area contributed by atoms with Gasteiger partial charge in [0.1, 0.15) is 5.69 Å². The Morgan fingerprint density at radius 1 is 1.50 bits per heavy atom. The molecule has 2 aromatic heterocycles. The summed E-state index contributed by atoms with van der Waals surface area (Å²) in [4.78, 5) is 23.4. The fourth-order valence-electron chi connectivity index (χ4n) is 1.72. The second kappa shape index (κ2) is 5.33. The number of hydrogen-bond acceptors (Lipinski definition) is 4. The number of carbonyl (C=O) groups excluding carboxylic acids is 2. The Bertz CT molecular complexity index is 675. The normalized spacial score (nSPS) is 10.6. The number of nitrogens with two attached hydrogens (primary N) is 1. The molecular formula is C11H13ClN6O2. The predicted octanol–water partition coefficient (Wildman–Crippen LogP) is 0.641. The van der Waals surface area contributed by atoms with Crippen molar-refractivity contribution in [2.45, 2.75) is 13.5 Å². The number of amides is 2. The molecule has 0 saturated heterocycles. The van der Waals surface area contributed by atoms with E-state index < -0.39 is 11.8 Å². The van der Waals surface area contributed by atoms with Crippen LogP contribution in [0.1, 0.15) is 27.9 Å². The summed E-state index contributed by atoms with van der Waals surface area (Å²) in [5, 5.41) is 10.7. The zero-order valence-electron chi connectivity index (χ0n) is 10.9. The summed E-state index contributed by atoms with van der Waals surface area (Å²) in [6.07, 6.45) is 2.89. The van der Waals surface area contributed by atoms with Crippen LogP contribution in [0.25, 0.3) is 0 Å². The minimum Gasteiger partial charge on any atom is -0.364 e. The van der Waals surface area contributed by atoms with Crippen molar-refractivity contribution < 1.29 is 9.59 Å². The van der Waals surface area contributed by atoms with Crippen LogP contribution < -0.4 is 11.1 Å². The van der Waals surface area contributed by atoms with Gasteiger partial charge in [0.2, 0.25) is 0 Å². The van der Waals surface area contributed by atoms with Gasteiger partial charge in [-0.25, -0.2) is 0 Å². The number of hydrogen-bond donors (Lipinski definition) is 2. The highest BCUT2D eigenvalue weighted by atomic mass is 35.5. The number of aryl methyl sites for hydroxylation is 2. The Labute approximate surface area is 119 Å². The summed E-state index contributed by atoms with van der Waals surface area (Å²) in [6.45, 7) is 2.46. The van der Waals surface area contributed by atoms with E-state index in [4.69, 9.17) is 17.3 Å². The molecule has 2 heterocycles. The third-order valence-electron chi connectivity index (χ3n) is 2.68. The van der Waals surface area contributed by atoms with Crippen molar-refractivity contribution in [3.8, 4) is 0 Å². The minimum absolute atomic E-state index is 0.0767. The van der Waals surface area contributed by atoms with E-state index in [0.29, 0.717) is 6.54 Å². The van der Waals surface area contributed by atoms with Gasteiger partial charge in [0.25, 0.3) is 11.8 Å². The molecule has 0 spiro atoms. The predicted molar refractivity (Wildman–Crippen MR) is 72.6 cm³/mol. The molecule has 2 aromatic rings. The highest BCUT2D eigenvalue weighted by molar-refractivity contribution is 6.34. The first-order valence-electron chi connectivity index (χ1n) is 5.80. The van der Waals surface area contributed by atoms with E-state index in [-0.39, 0.29) is 22.1 Å². The van der Waals surface area contributed by atoms with Gasteiger partial charge >= 0.3 is 0 Å². The molecule has 0 unspecified atom stereocenters. The quantitative estimate of drug-likeness (QED) is 0.863. The fourth-order valence-corrected chi connectivity index (χ4v) is 1.95. The van der Waals surface area contributed by atoms with Crippen LogP contribution in [0.4, 0.5) is 5.69 Å². The van der Waals surface area contributed by atoms with Gasteiger partial charge in [-0.3, -0.25) is 19.0 Å². The van der Waals surface area contributed by atoms with Gasteiger partial charge in [0, 0.05) is 19.8 Å². The van der Waals surface area contributed by atoms with Crippen molar-refractivity contribution >= 4 is 29.1 Å². The Balaban J connectivity index is 2.28. The largest absolute Gasteiger partial charge is 0.364 e. The van der Waals surface area contributed by atoms with Gasteiger partial charge in [0.05, 0.1) is 16.9 Å². The van der Waals surface area contributed by atoms with Crippen LogP contribution in [0.5, 0.6) is 0 Å². The van der Waals surface area contributed by atoms with E-state index >= 15 is 0 Å². The molecule has 0 aliphatic carbocycles. The fraction of sp³-hybridized carbons (Fsp3) is 0.273. The van der Waals surface area contributed by atoms with Crippen LogP contribution in [0.2, 0.25) is 5.02 Å². The van der Waals surface area contributed by atoms with Crippen molar-refractivity contribution in [2.75, 3.05) is 5.32 Å². The zero-order valence-corrected chi connectivity index (χ0v) is 11.7. The first-order chi connectivity index (χ1) is 9.43. The average Bonchev–Trinajstić information content (AvgIpc) is 2.92. The van der Waals surface area contributed by atoms with Crippen molar-refractivity contribution in [1.82, 2.24) is 19.6 Å². The highest BCUT2D eigenvalue weighted by Gasteiger charge is 2.20. The molecule has 9 heteroatoms. The molecule has 20 heavy (non-hydrogen) atoms. The van der Waals surface area contributed by atoms with Gasteiger partial charge in [-0.1, -0.05) is 11.6 Å². The van der Waals surface area contributed by atoms with E-state index in [2.05, 4.69) is 15.5 Å². The number of primary amides is 1. The molecule has 0 fully saturated rings. The molecule has 0 radical (unpaired) electrons. The molecule has 0 bridgehead atoms. The van der Waals surface area contributed by atoms with Gasteiger partial charge < -0.3 is 11.1 Å². The van der Waals surface area contributed by atoms with E-state index in [1.165, 1.54) is 15.6 Å². The maximum atomic E-state index is 12.1. The van der Waals surface area contributed by atoms with Gasteiger partial charge in [-0.2, -0.15) is 10.2 Å². The van der Waals surface area contributed by atoms with E-state index in [9.17, 15) is 9.59 Å². The molecule has 0 atom stereocenters. The third kappa shape index (κ3) is 2.50. The first-order valence-corrected chi connectivity index (χ1v) is 6.18. The monoisotopic (exact) mass is 296 g/mol. The van der Waals surface area contributed by atoms with Gasteiger partial charge in [-0.15, -0.1) is 0 Å². The Morgan fingerprint density at radius 3 is 2.75 bits per heavy atom. The maximum Gasteiger partial charge on any atom is 0.277 e. The third-order valence-corrected chi connectivity index (χ3v) is 2.95. The molecule has 2 rings (SSSR count). The molecule has 2 amide bonds. The Morgan fingerprint density at radius 2 is 2.20 bits per heavy atom. The van der Waals surface area contributed by atoms with Crippen molar-refractivity contribution in [3.63, 3.8) is 0 Å². The highest BCUT2D eigenvalue weighted by Crippen LogP contribution is 2.18. The number of aromatic nitrogens is 4. The maximum absolute atomic E-state index is 12.1. The smallest absolute Gasteiger partial charge is 0.277 e. The summed E-state index contributed by atoms with van der Waals surface area (Å²) in [5.41, 5.74) is 5.63. The molecule has 0 saturated carbocycles. The summed E-state index contributed by atoms with van der Waals surface area (Å²) in [7, 11) is 1.55. The van der Waals surface area contributed by atoms with E-state index in [0.717, 1.165) is 0 Å². The van der Waals surface area contributed by atoms with Crippen LogP contribution in [-0.2, 0) is 13.6 Å². The van der Waals surface area contributed by atoms with Crippen LogP contribution in [0, 0.1) is 0 Å². The van der Waals surface area contributed by atoms with Gasteiger partial charge in [-0.05, 0) is 6.92 Å². The second-order valence-electron chi connectivity index (χ2n) is 4.03. The molecule has 106 valence electrons. The van der Waals surface area contributed by atoms with E-state index in [1.807, 2.05) is 6.92 Å². The standard InChI is InChI=1S/C11H13ClN6O2/c1-3-18-5-6(12)8(16-18)11(20)15-7-4-14-17(2)9(7)10(13)19/h4-5H,3H2,1-2H3,(H2,13,19)(H,15,20). The van der Waals surface area contributed by atoms with Crippen molar-refractivity contribution in [2.24, 2.45) is 12.8 Å². The molecule has 0 aromatic carbocycles. The first kappa shape index (κ1) is 14.1. The Hall–Kier alpha value is -2.35. The number of rotatable bonds is 4. The lowest BCUT2D eigenvalue weighted by molar-refractivity contribution is 0.0992. The summed E-state index contributed by atoms with van der Waals surface area (Å²) < 4.78 is 2.82. The Kier molecular flexibility index (Phi) is 3.75. The minimum atomic E-state index is -0.689. The van der Waals surface area contributed by atoms with Crippen molar-refractivity contribution in [3.05, 3.63) is 28.8 Å². The topological polar surface area (TPSA) is 108 Å². The second-order valence-corrected chi connectivity index (χ2v) is 4.44. The van der Waals surface area contributed by atoms with Crippen LogP contribution in [0.15, 0.2) is 12.4 Å².